The third kappa shape index (κ3) is 3.47. The second-order valence-electron chi connectivity index (χ2n) is 8.80. The van der Waals surface area contributed by atoms with Crippen LogP contribution in [0.15, 0.2) is 29.1 Å². The molecule has 1 heterocycles. The fourth-order valence-electron chi connectivity index (χ4n) is 5.23. The summed E-state index contributed by atoms with van der Waals surface area (Å²) >= 11 is 0. The molecule has 5 rings (SSSR count). The molecule has 0 unspecified atom stereocenters. The number of carbonyl (C=O) groups excluding carboxylic acids is 1. The van der Waals surface area contributed by atoms with E-state index in [0.29, 0.717) is 34.7 Å². The summed E-state index contributed by atoms with van der Waals surface area (Å²) in [5.74, 6) is 1.39. The molecule has 3 aliphatic carbocycles. The van der Waals surface area contributed by atoms with E-state index in [9.17, 15) is 14.4 Å². The van der Waals surface area contributed by atoms with Crippen LogP contribution >= 0.6 is 0 Å². The highest BCUT2D eigenvalue weighted by Crippen LogP contribution is 2.61. The van der Waals surface area contributed by atoms with E-state index in [1.54, 1.807) is 24.3 Å². The molecule has 154 valence electrons. The standard InChI is InChI=1S/C21H26N4O4/c1-21(2)13-8-7-12(16(21)10-13)9-18(26)24-25-19(27)15-6-4-3-5-14(15)17(23-25)11-22-20(28)29/h3-6,12-13,16,22H,7-11H2,1-2H3,(H,24,26)(H,28,29)/t12-,13-,16+/m0/s1. The number of nitrogens with one attached hydrogen (secondary N) is 2. The molecule has 3 aliphatic rings. The number of fused-ring (bicyclic) bond motifs is 3. The maximum Gasteiger partial charge on any atom is 0.404 e. The van der Waals surface area contributed by atoms with Gasteiger partial charge in [0.25, 0.3) is 5.56 Å². The Hall–Kier alpha value is -2.90. The number of aromatic nitrogens is 2. The average molecular weight is 398 g/mol. The molecule has 3 atom stereocenters. The molecular weight excluding hydrogens is 372 g/mol. The van der Waals surface area contributed by atoms with Crippen molar-refractivity contribution in [2.45, 2.75) is 46.1 Å². The number of hydrogen-bond donors (Lipinski definition) is 3. The Labute approximate surface area is 168 Å². The minimum Gasteiger partial charge on any atom is -0.465 e. The van der Waals surface area contributed by atoms with Crippen molar-refractivity contribution in [2.75, 3.05) is 5.43 Å². The molecule has 1 aromatic carbocycles. The quantitative estimate of drug-likeness (QED) is 0.717. The highest BCUT2D eigenvalue weighted by molar-refractivity contribution is 5.86. The molecule has 1 aromatic heterocycles. The van der Waals surface area contributed by atoms with E-state index < -0.39 is 11.7 Å². The number of amides is 2. The SMILES string of the molecule is CC1(C)[C@H]2CC[C@@H](CC(=O)Nn3nc(CNC(=O)O)c4ccccc4c3=O)[C@H]1C2. The maximum atomic E-state index is 12.8. The van der Waals surface area contributed by atoms with Crippen LogP contribution in [0.1, 0.15) is 45.2 Å². The molecule has 3 fully saturated rings. The second-order valence-corrected chi connectivity index (χ2v) is 8.80. The summed E-state index contributed by atoms with van der Waals surface area (Å²) in [7, 11) is 0. The van der Waals surface area contributed by atoms with E-state index in [-0.39, 0.29) is 17.9 Å². The van der Waals surface area contributed by atoms with Gasteiger partial charge in [-0.05, 0) is 48.5 Å². The van der Waals surface area contributed by atoms with Crippen LogP contribution in [0, 0.1) is 23.2 Å². The summed E-state index contributed by atoms with van der Waals surface area (Å²) in [6.07, 6.45) is 2.56. The largest absolute Gasteiger partial charge is 0.465 e. The molecule has 3 saturated carbocycles. The summed E-state index contributed by atoms with van der Waals surface area (Å²) in [6, 6.07) is 6.84. The van der Waals surface area contributed by atoms with E-state index in [1.807, 2.05) is 0 Å². The number of benzene rings is 1. The van der Waals surface area contributed by atoms with Crippen LogP contribution in [0.4, 0.5) is 4.79 Å². The van der Waals surface area contributed by atoms with Gasteiger partial charge in [-0.3, -0.25) is 9.59 Å². The number of nitrogens with zero attached hydrogens (tertiary/aromatic N) is 2. The predicted molar refractivity (Wildman–Crippen MR) is 108 cm³/mol. The van der Waals surface area contributed by atoms with Crippen molar-refractivity contribution in [1.29, 1.82) is 0 Å². The van der Waals surface area contributed by atoms with Crippen molar-refractivity contribution < 1.29 is 14.7 Å². The van der Waals surface area contributed by atoms with Crippen molar-refractivity contribution in [3.8, 4) is 0 Å². The second kappa shape index (κ2) is 7.17. The smallest absolute Gasteiger partial charge is 0.404 e. The monoisotopic (exact) mass is 398 g/mol. The van der Waals surface area contributed by atoms with Gasteiger partial charge in [0, 0.05) is 11.8 Å². The summed E-state index contributed by atoms with van der Waals surface area (Å²) in [5, 5.41) is 16.3. The van der Waals surface area contributed by atoms with Crippen LogP contribution in [0.3, 0.4) is 0 Å². The van der Waals surface area contributed by atoms with Crippen LogP contribution in [0.5, 0.6) is 0 Å². The first kappa shape index (κ1) is 19.4. The molecule has 29 heavy (non-hydrogen) atoms. The van der Waals surface area contributed by atoms with Crippen LogP contribution in [0.2, 0.25) is 0 Å². The Balaban J connectivity index is 1.55. The fourth-order valence-corrected chi connectivity index (χ4v) is 5.23. The highest BCUT2D eigenvalue weighted by Gasteiger charge is 2.54. The lowest BCUT2D eigenvalue weighted by Gasteiger charge is -2.60. The summed E-state index contributed by atoms with van der Waals surface area (Å²) in [4.78, 5) is 37.3. The Bertz CT molecular complexity index is 1030. The third-order valence-corrected chi connectivity index (χ3v) is 6.97. The Morgan fingerprint density at radius 3 is 2.62 bits per heavy atom. The Morgan fingerprint density at radius 2 is 1.97 bits per heavy atom. The molecular formula is C21H26N4O4. The zero-order valence-electron chi connectivity index (χ0n) is 16.6. The zero-order chi connectivity index (χ0) is 20.8. The fraction of sp³-hybridized carbons (Fsp3) is 0.524. The minimum absolute atomic E-state index is 0.0632. The molecule has 2 amide bonds. The van der Waals surface area contributed by atoms with E-state index in [4.69, 9.17) is 5.11 Å². The van der Waals surface area contributed by atoms with Gasteiger partial charge in [0.2, 0.25) is 5.91 Å². The Morgan fingerprint density at radius 1 is 1.24 bits per heavy atom. The molecule has 0 aliphatic heterocycles. The predicted octanol–water partition coefficient (Wildman–Crippen LogP) is 2.70. The van der Waals surface area contributed by atoms with Crippen LogP contribution in [0.25, 0.3) is 10.8 Å². The summed E-state index contributed by atoms with van der Waals surface area (Å²) in [5.41, 5.74) is 2.86. The van der Waals surface area contributed by atoms with Crippen molar-refractivity contribution >= 4 is 22.8 Å². The lowest BCUT2D eigenvalue weighted by Crippen LogP contribution is -2.53. The van der Waals surface area contributed by atoms with Crippen molar-refractivity contribution in [1.82, 2.24) is 15.2 Å². The van der Waals surface area contributed by atoms with Gasteiger partial charge in [0.15, 0.2) is 0 Å². The lowest BCUT2D eigenvalue weighted by molar-refractivity contribution is -0.129. The third-order valence-electron chi connectivity index (χ3n) is 6.97. The molecule has 2 aromatic rings. The molecule has 3 N–H and O–H groups in total. The van der Waals surface area contributed by atoms with E-state index in [0.717, 1.165) is 23.6 Å². The molecule has 0 spiro atoms. The topological polar surface area (TPSA) is 113 Å². The van der Waals surface area contributed by atoms with Crippen LogP contribution in [-0.4, -0.2) is 27.0 Å². The minimum atomic E-state index is -1.18. The van der Waals surface area contributed by atoms with Crippen LogP contribution < -0.4 is 16.3 Å². The van der Waals surface area contributed by atoms with E-state index >= 15 is 0 Å². The molecule has 0 saturated heterocycles. The first-order chi connectivity index (χ1) is 13.8. The van der Waals surface area contributed by atoms with E-state index in [1.165, 1.54) is 6.42 Å². The average Bonchev–Trinajstić information content (AvgIpc) is 2.69. The van der Waals surface area contributed by atoms with Gasteiger partial charge < -0.3 is 10.4 Å². The number of carbonyl (C=O) groups is 2. The van der Waals surface area contributed by atoms with Gasteiger partial charge in [-0.1, -0.05) is 32.0 Å². The highest BCUT2D eigenvalue weighted by atomic mass is 16.4. The van der Waals surface area contributed by atoms with Crippen molar-refractivity contribution in [3.63, 3.8) is 0 Å². The Kier molecular flexibility index (Phi) is 4.80. The lowest BCUT2D eigenvalue weighted by atomic mass is 9.45. The number of hydrogen-bond acceptors (Lipinski definition) is 4. The van der Waals surface area contributed by atoms with Gasteiger partial charge in [0.05, 0.1) is 17.6 Å². The summed E-state index contributed by atoms with van der Waals surface area (Å²) < 4.78 is 0. The van der Waals surface area contributed by atoms with Gasteiger partial charge in [-0.15, -0.1) is 4.79 Å². The first-order valence-corrected chi connectivity index (χ1v) is 10.0. The van der Waals surface area contributed by atoms with E-state index in [2.05, 4.69) is 29.7 Å². The van der Waals surface area contributed by atoms with Gasteiger partial charge in [0.1, 0.15) is 0 Å². The summed E-state index contributed by atoms with van der Waals surface area (Å²) in [6.45, 7) is 4.51. The zero-order valence-corrected chi connectivity index (χ0v) is 16.6. The van der Waals surface area contributed by atoms with Crippen LogP contribution in [-0.2, 0) is 11.3 Å². The molecule has 8 nitrogen and oxygen atoms in total. The number of carboxylic acid groups (broad SMARTS) is 1. The molecule has 8 heteroatoms. The normalized spacial score (nSPS) is 24.6. The van der Waals surface area contributed by atoms with Gasteiger partial charge in [-0.2, -0.15) is 5.10 Å². The van der Waals surface area contributed by atoms with Crippen molar-refractivity contribution in [2.24, 2.45) is 23.2 Å². The number of rotatable bonds is 5. The van der Waals surface area contributed by atoms with Crippen molar-refractivity contribution in [3.05, 3.63) is 40.3 Å². The van der Waals surface area contributed by atoms with Gasteiger partial charge >= 0.3 is 6.09 Å². The molecule has 2 bridgehead atoms. The first-order valence-electron chi connectivity index (χ1n) is 10.0. The molecule has 0 radical (unpaired) electrons. The van der Waals surface area contributed by atoms with Gasteiger partial charge in [-0.25, -0.2) is 10.2 Å². The maximum absolute atomic E-state index is 12.8.